The number of rotatable bonds is 2. The van der Waals surface area contributed by atoms with Gasteiger partial charge in [0.25, 0.3) is 0 Å². The van der Waals surface area contributed by atoms with Crippen LogP contribution in [0.2, 0.25) is 0 Å². The first-order valence-electron chi connectivity index (χ1n) is 7.90. The molecule has 3 unspecified atom stereocenters. The summed E-state index contributed by atoms with van der Waals surface area (Å²) in [6.45, 7) is 1.92. The number of halogens is 1. The molecule has 20 heavy (non-hydrogen) atoms. The Kier molecular flexibility index (Phi) is 3.49. The minimum Gasteiger partial charge on any atom is -0.372 e. The van der Waals surface area contributed by atoms with Gasteiger partial charge in [0.1, 0.15) is 0 Å². The highest BCUT2D eigenvalue weighted by Crippen LogP contribution is 2.40. The van der Waals surface area contributed by atoms with Crippen molar-refractivity contribution in [2.75, 3.05) is 13.2 Å². The molecule has 2 bridgehead atoms. The fraction of sp³-hybridized carbons (Fsp3) is 0.647. The Bertz CT molecular complexity index is 478. The molecule has 2 nitrogen and oxygen atoms in total. The lowest BCUT2D eigenvalue weighted by molar-refractivity contribution is -0.00350. The van der Waals surface area contributed by atoms with Crippen LogP contribution in [0.4, 0.5) is 0 Å². The van der Waals surface area contributed by atoms with Crippen molar-refractivity contribution in [3.05, 3.63) is 35.4 Å². The van der Waals surface area contributed by atoms with Crippen LogP contribution in [-0.4, -0.2) is 35.5 Å². The topological polar surface area (TPSA) is 12.5 Å². The number of piperidine rings is 1. The van der Waals surface area contributed by atoms with E-state index >= 15 is 0 Å². The van der Waals surface area contributed by atoms with Crippen LogP contribution in [0.5, 0.6) is 0 Å². The number of fused-ring (bicyclic) bond motifs is 3. The third-order valence-corrected chi connectivity index (χ3v) is 5.65. The summed E-state index contributed by atoms with van der Waals surface area (Å²) in [5, 5.41) is 0.392. The number of hydrogen-bond donors (Lipinski definition) is 0. The Labute approximate surface area is 126 Å². The SMILES string of the molecule is ClC1CC2CCC(C1)N2CC1OCCc2ccccc21. The van der Waals surface area contributed by atoms with Crippen LogP contribution in [0.25, 0.3) is 0 Å². The summed E-state index contributed by atoms with van der Waals surface area (Å²) in [6, 6.07) is 10.2. The van der Waals surface area contributed by atoms with Crippen LogP contribution < -0.4 is 0 Å². The second-order valence-electron chi connectivity index (χ2n) is 6.46. The van der Waals surface area contributed by atoms with Crippen molar-refractivity contribution < 1.29 is 4.74 Å². The lowest BCUT2D eigenvalue weighted by atomic mass is 9.95. The van der Waals surface area contributed by atoms with Gasteiger partial charge >= 0.3 is 0 Å². The summed E-state index contributed by atoms with van der Waals surface area (Å²) in [5.41, 5.74) is 2.88. The summed E-state index contributed by atoms with van der Waals surface area (Å²) in [5.74, 6) is 0. The van der Waals surface area contributed by atoms with E-state index in [1.165, 1.54) is 24.0 Å². The van der Waals surface area contributed by atoms with Crippen LogP contribution in [0, 0.1) is 0 Å². The molecule has 0 radical (unpaired) electrons. The molecule has 0 N–H and O–H groups in total. The maximum atomic E-state index is 6.38. The molecule has 0 aromatic heterocycles. The fourth-order valence-electron chi connectivity index (χ4n) is 4.33. The van der Waals surface area contributed by atoms with Crippen LogP contribution in [0.3, 0.4) is 0 Å². The Morgan fingerprint density at radius 3 is 2.70 bits per heavy atom. The van der Waals surface area contributed by atoms with Crippen molar-refractivity contribution in [2.45, 2.75) is 55.7 Å². The largest absolute Gasteiger partial charge is 0.372 e. The molecular formula is C17H22ClNO. The van der Waals surface area contributed by atoms with E-state index in [1.807, 2.05) is 0 Å². The monoisotopic (exact) mass is 291 g/mol. The van der Waals surface area contributed by atoms with E-state index in [-0.39, 0.29) is 6.10 Å². The molecule has 3 atom stereocenters. The van der Waals surface area contributed by atoms with Gasteiger partial charge < -0.3 is 4.74 Å². The first kappa shape index (κ1) is 13.1. The zero-order valence-electron chi connectivity index (χ0n) is 11.8. The molecule has 3 aliphatic rings. The quantitative estimate of drug-likeness (QED) is 0.773. The summed E-state index contributed by atoms with van der Waals surface area (Å²) < 4.78 is 6.08. The Balaban J connectivity index is 1.53. The molecule has 3 aliphatic heterocycles. The number of benzene rings is 1. The van der Waals surface area contributed by atoms with Crippen LogP contribution in [0.1, 0.15) is 42.9 Å². The minimum atomic E-state index is 0.259. The second kappa shape index (κ2) is 5.32. The normalized spacial score (nSPS) is 36.9. The third-order valence-electron chi connectivity index (χ3n) is 5.30. The maximum absolute atomic E-state index is 6.38. The first-order chi connectivity index (χ1) is 9.81. The van der Waals surface area contributed by atoms with Crippen LogP contribution in [-0.2, 0) is 11.2 Å². The smallest absolute Gasteiger partial charge is 0.0954 e. The van der Waals surface area contributed by atoms with E-state index in [1.54, 1.807) is 0 Å². The Morgan fingerprint density at radius 1 is 1.15 bits per heavy atom. The van der Waals surface area contributed by atoms with Crippen molar-refractivity contribution in [1.82, 2.24) is 4.90 Å². The highest BCUT2D eigenvalue weighted by Gasteiger charge is 2.41. The van der Waals surface area contributed by atoms with Gasteiger partial charge in [-0.05, 0) is 43.2 Å². The van der Waals surface area contributed by atoms with E-state index in [0.717, 1.165) is 32.4 Å². The molecule has 0 aliphatic carbocycles. The van der Waals surface area contributed by atoms with E-state index < -0.39 is 0 Å². The molecule has 4 rings (SSSR count). The van der Waals surface area contributed by atoms with Gasteiger partial charge in [0.2, 0.25) is 0 Å². The van der Waals surface area contributed by atoms with Crippen molar-refractivity contribution in [3.63, 3.8) is 0 Å². The number of nitrogens with zero attached hydrogens (tertiary/aromatic N) is 1. The predicted octanol–water partition coefficient (Wildman–Crippen LogP) is 3.53. The van der Waals surface area contributed by atoms with Gasteiger partial charge in [-0.15, -0.1) is 11.6 Å². The highest BCUT2D eigenvalue weighted by molar-refractivity contribution is 6.20. The fourth-order valence-corrected chi connectivity index (χ4v) is 4.74. The van der Waals surface area contributed by atoms with E-state index in [2.05, 4.69) is 29.2 Å². The molecule has 0 spiro atoms. The Morgan fingerprint density at radius 2 is 1.90 bits per heavy atom. The van der Waals surface area contributed by atoms with Crippen molar-refractivity contribution in [2.24, 2.45) is 0 Å². The summed E-state index contributed by atoms with van der Waals surface area (Å²) in [6.07, 6.45) is 6.28. The van der Waals surface area contributed by atoms with Gasteiger partial charge in [-0.25, -0.2) is 0 Å². The number of ether oxygens (including phenoxy) is 1. The molecule has 0 saturated carbocycles. The van der Waals surface area contributed by atoms with Gasteiger partial charge in [0.15, 0.2) is 0 Å². The van der Waals surface area contributed by atoms with E-state index in [0.29, 0.717) is 17.5 Å². The number of alkyl halides is 1. The molecule has 108 valence electrons. The molecule has 2 fully saturated rings. The van der Waals surface area contributed by atoms with Gasteiger partial charge in [0, 0.05) is 24.0 Å². The predicted molar refractivity (Wildman–Crippen MR) is 81.2 cm³/mol. The van der Waals surface area contributed by atoms with E-state index in [9.17, 15) is 0 Å². The summed E-state index contributed by atoms with van der Waals surface area (Å²) >= 11 is 6.38. The van der Waals surface area contributed by atoms with Crippen molar-refractivity contribution in [3.8, 4) is 0 Å². The molecular weight excluding hydrogens is 270 g/mol. The maximum Gasteiger partial charge on any atom is 0.0954 e. The van der Waals surface area contributed by atoms with Crippen LogP contribution in [0.15, 0.2) is 24.3 Å². The van der Waals surface area contributed by atoms with Gasteiger partial charge in [0.05, 0.1) is 12.7 Å². The van der Waals surface area contributed by atoms with Gasteiger partial charge in [-0.1, -0.05) is 24.3 Å². The second-order valence-corrected chi connectivity index (χ2v) is 7.08. The third kappa shape index (κ3) is 2.28. The molecule has 0 amide bonds. The molecule has 2 saturated heterocycles. The standard InChI is InChI=1S/C17H22ClNO/c18-13-9-14-5-6-15(10-13)19(14)11-17-16-4-2-1-3-12(16)7-8-20-17/h1-4,13-15,17H,5-11H2. The summed E-state index contributed by atoms with van der Waals surface area (Å²) in [4.78, 5) is 2.69. The van der Waals surface area contributed by atoms with E-state index in [4.69, 9.17) is 16.3 Å². The molecule has 3 heteroatoms. The molecule has 1 aromatic rings. The van der Waals surface area contributed by atoms with Gasteiger partial charge in [-0.2, -0.15) is 0 Å². The lowest BCUT2D eigenvalue weighted by Crippen LogP contribution is -2.46. The zero-order valence-corrected chi connectivity index (χ0v) is 12.6. The molecule has 3 heterocycles. The zero-order chi connectivity index (χ0) is 13.5. The minimum absolute atomic E-state index is 0.259. The lowest BCUT2D eigenvalue weighted by Gasteiger charge is -2.40. The van der Waals surface area contributed by atoms with Crippen molar-refractivity contribution >= 4 is 11.6 Å². The molecule has 1 aromatic carbocycles. The summed E-state index contributed by atoms with van der Waals surface area (Å²) in [7, 11) is 0. The Hall–Kier alpha value is -0.570. The van der Waals surface area contributed by atoms with Crippen molar-refractivity contribution in [1.29, 1.82) is 0 Å². The highest BCUT2D eigenvalue weighted by atomic mass is 35.5. The van der Waals surface area contributed by atoms with Crippen LogP contribution >= 0.6 is 11.6 Å². The average molecular weight is 292 g/mol. The van der Waals surface area contributed by atoms with Gasteiger partial charge in [-0.3, -0.25) is 4.90 Å². The average Bonchev–Trinajstić information content (AvgIpc) is 2.70. The number of hydrogen-bond acceptors (Lipinski definition) is 2. The first-order valence-corrected chi connectivity index (χ1v) is 8.34.